The van der Waals surface area contributed by atoms with E-state index in [1.54, 1.807) is 4.90 Å². The molecule has 0 spiro atoms. The van der Waals surface area contributed by atoms with Gasteiger partial charge in [0.05, 0.1) is 18.4 Å². The number of ether oxygens (including phenoxy) is 1. The number of hydrogen-bond acceptors (Lipinski definition) is 5. The minimum absolute atomic E-state index is 0.00468. The first-order valence-electron chi connectivity index (χ1n) is 10.1. The number of benzene rings is 1. The van der Waals surface area contributed by atoms with Gasteiger partial charge in [-0.3, -0.25) is 4.79 Å². The smallest absolute Gasteiger partial charge is 0.222 e. The molecule has 2 unspecified atom stereocenters. The van der Waals surface area contributed by atoms with Crippen LogP contribution in [0.25, 0.3) is 0 Å². The standard InChI is InChI=1S/C22H30N2O4/c1-4-27-21-9-8-17(10-15(21)2)6-5-7-22(26)24-13-18(20(25)14-24)12-19-11-16(3)23-28-19/h8-11,18,20,25H,4-7,12-14H2,1-3H3. The van der Waals surface area contributed by atoms with Gasteiger partial charge in [-0.05, 0) is 50.8 Å². The van der Waals surface area contributed by atoms with Gasteiger partial charge in [0.25, 0.3) is 0 Å². The Balaban J connectivity index is 1.45. The quantitative estimate of drug-likeness (QED) is 0.755. The highest BCUT2D eigenvalue weighted by atomic mass is 16.5. The Kier molecular flexibility index (Phi) is 6.73. The molecule has 6 heteroatoms. The van der Waals surface area contributed by atoms with Crippen LogP contribution >= 0.6 is 0 Å². The molecule has 0 aliphatic carbocycles. The second kappa shape index (κ2) is 9.24. The maximum Gasteiger partial charge on any atom is 0.222 e. The number of carbonyl (C=O) groups is 1. The van der Waals surface area contributed by atoms with Gasteiger partial charge in [-0.2, -0.15) is 0 Å². The predicted molar refractivity (Wildman–Crippen MR) is 106 cm³/mol. The van der Waals surface area contributed by atoms with Crippen LogP contribution in [-0.4, -0.2) is 46.9 Å². The van der Waals surface area contributed by atoms with Crippen molar-refractivity contribution in [3.8, 4) is 5.75 Å². The molecular weight excluding hydrogens is 356 g/mol. The van der Waals surface area contributed by atoms with E-state index in [9.17, 15) is 9.90 Å². The van der Waals surface area contributed by atoms with E-state index in [1.165, 1.54) is 5.56 Å². The Bertz CT molecular complexity index is 802. The Hall–Kier alpha value is -2.34. The molecule has 3 rings (SSSR count). The number of hydrogen-bond donors (Lipinski definition) is 1. The normalized spacial score (nSPS) is 19.2. The Morgan fingerprint density at radius 1 is 1.32 bits per heavy atom. The molecule has 1 aromatic heterocycles. The van der Waals surface area contributed by atoms with Crippen molar-refractivity contribution in [1.82, 2.24) is 10.1 Å². The molecule has 152 valence electrons. The summed E-state index contributed by atoms with van der Waals surface area (Å²) in [7, 11) is 0. The molecule has 1 N–H and O–H groups in total. The topological polar surface area (TPSA) is 75.8 Å². The van der Waals surface area contributed by atoms with Gasteiger partial charge in [0.15, 0.2) is 0 Å². The van der Waals surface area contributed by atoms with Crippen LogP contribution in [-0.2, 0) is 17.6 Å². The lowest BCUT2D eigenvalue weighted by atomic mass is 10.0. The second-order valence-electron chi connectivity index (χ2n) is 7.65. The fourth-order valence-corrected chi connectivity index (χ4v) is 3.82. The molecule has 1 aliphatic rings. The van der Waals surface area contributed by atoms with Crippen molar-refractivity contribution in [2.45, 2.75) is 52.6 Å². The number of aryl methyl sites for hydroxylation is 3. The molecule has 2 atom stereocenters. The number of likely N-dealkylation sites (tertiary alicyclic amines) is 1. The van der Waals surface area contributed by atoms with Gasteiger partial charge in [-0.25, -0.2) is 0 Å². The lowest BCUT2D eigenvalue weighted by molar-refractivity contribution is -0.130. The van der Waals surface area contributed by atoms with Crippen molar-refractivity contribution < 1.29 is 19.2 Å². The SMILES string of the molecule is CCOc1ccc(CCCC(=O)N2CC(O)C(Cc3cc(C)no3)C2)cc1C. The highest BCUT2D eigenvalue weighted by Crippen LogP contribution is 2.24. The predicted octanol–water partition coefficient (Wildman–Crippen LogP) is 3.07. The van der Waals surface area contributed by atoms with Crippen molar-refractivity contribution >= 4 is 5.91 Å². The third kappa shape index (κ3) is 5.13. The van der Waals surface area contributed by atoms with Crippen LogP contribution in [0.2, 0.25) is 0 Å². The monoisotopic (exact) mass is 386 g/mol. The third-order valence-corrected chi connectivity index (χ3v) is 5.29. The van der Waals surface area contributed by atoms with Crippen LogP contribution in [0.3, 0.4) is 0 Å². The van der Waals surface area contributed by atoms with E-state index >= 15 is 0 Å². The minimum Gasteiger partial charge on any atom is -0.494 e. The van der Waals surface area contributed by atoms with Crippen LogP contribution in [0.5, 0.6) is 5.75 Å². The molecule has 0 bridgehead atoms. The molecule has 1 aromatic carbocycles. The minimum atomic E-state index is -0.511. The summed E-state index contributed by atoms with van der Waals surface area (Å²) >= 11 is 0. The third-order valence-electron chi connectivity index (χ3n) is 5.29. The molecule has 1 saturated heterocycles. The summed E-state index contributed by atoms with van der Waals surface area (Å²) in [5, 5.41) is 14.2. The maximum absolute atomic E-state index is 12.5. The largest absolute Gasteiger partial charge is 0.494 e. The van der Waals surface area contributed by atoms with Crippen LogP contribution < -0.4 is 4.74 Å². The Morgan fingerprint density at radius 2 is 2.14 bits per heavy atom. The Morgan fingerprint density at radius 3 is 2.82 bits per heavy atom. The van der Waals surface area contributed by atoms with Crippen LogP contribution in [0.15, 0.2) is 28.8 Å². The first-order valence-corrected chi connectivity index (χ1v) is 10.1. The van der Waals surface area contributed by atoms with Gasteiger partial charge in [-0.15, -0.1) is 0 Å². The van der Waals surface area contributed by atoms with Gasteiger partial charge < -0.3 is 19.3 Å². The first kappa shape index (κ1) is 20.4. The fourth-order valence-electron chi connectivity index (χ4n) is 3.82. The number of aromatic nitrogens is 1. The molecule has 28 heavy (non-hydrogen) atoms. The molecule has 1 fully saturated rings. The summed E-state index contributed by atoms with van der Waals surface area (Å²) < 4.78 is 10.8. The van der Waals surface area contributed by atoms with E-state index < -0.39 is 6.10 Å². The van der Waals surface area contributed by atoms with Gasteiger partial charge >= 0.3 is 0 Å². The average Bonchev–Trinajstić information content (AvgIpc) is 3.23. The zero-order valence-electron chi connectivity index (χ0n) is 17.0. The van der Waals surface area contributed by atoms with Gasteiger partial charge in [0.2, 0.25) is 5.91 Å². The van der Waals surface area contributed by atoms with E-state index in [-0.39, 0.29) is 11.8 Å². The number of nitrogens with zero attached hydrogens (tertiary/aromatic N) is 2. The number of aliphatic hydroxyl groups is 1. The van der Waals surface area contributed by atoms with Crippen molar-refractivity contribution in [2.24, 2.45) is 5.92 Å². The number of aliphatic hydroxyl groups excluding tert-OH is 1. The van der Waals surface area contributed by atoms with Gasteiger partial charge in [0.1, 0.15) is 11.5 Å². The first-order chi connectivity index (χ1) is 13.5. The number of β-amino-alcohol motifs (C(OH)–C–C–N with tert-alkyl or cyclic N) is 1. The lowest BCUT2D eigenvalue weighted by Gasteiger charge is -2.16. The molecule has 1 aliphatic heterocycles. The zero-order valence-corrected chi connectivity index (χ0v) is 17.0. The summed E-state index contributed by atoms with van der Waals surface area (Å²) in [6.45, 7) is 7.53. The van der Waals surface area contributed by atoms with Crippen molar-refractivity contribution in [3.05, 3.63) is 46.8 Å². The summed E-state index contributed by atoms with van der Waals surface area (Å²) in [6.07, 6.45) is 2.24. The van der Waals surface area contributed by atoms with Crippen molar-refractivity contribution in [2.75, 3.05) is 19.7 Å². The number of rotatable bonds is 8. The lowest BCUT2D eigenvalue weighted by Crippen LogP contribution is -2.29. The summed E-state index contributed by atoms with van der Waals surface area (Å²) in [5.74, 6) is 1.80. The highest BCUT2D eigenvalue weighted by Gasteiger charge is 2.34. The summed E-state index contributed by atoms with van der Waals surface area (Å²) in [6, 6.07) is 8.08. The second-order valence-corrected chi connectivity index (χ2v) is 7.65. The molecule has 1 amide bonds. The average molecular weight is 386 g/mol. The fraction of sp³-hybridized carbons (Fsp3) is 0.545. The molecule has 0 radical (unpaired) electrons. The van der Waals surface area contributed by atoms with E-state index in [1.807, 2.05) is 32.9 Å². The summed E-state index contributed by atoms with van der Waals surface area (Å²) in [5.41, 5.74) is 3.17. The van der Waals surface area contributed by atoms with Crippen molar-refractivity contribution in [3.63, 3.8) is 0 Å². The van der Waals surface area contributed by atoms with Crippen LogP contribution in [0.1, 0.15) is 42.3 Å². The van der Waals surface area contributed by atoms with E-state index in [2.05, 4.69) is 17.3 Å². The van der Waals surface area contributed by atoms with Crippen LogP contribution in [0, 0.1) is 19.8 Å². The number of carbonyl (C=O) groups excluding carboxylic acids is 1. The Labute approximate surface area is 166 Å². The van der Waals surface area contributed by atoms with Crippen molar-refractivity contribution in [1.29, 1.82) is 0 Å². The number of amides is 1. The van der Waals surface area contributed by atoms with Crippen LogP contribution in [0.4, 0.5) is 0 Å². The van der Waals surface area contributed by atoms with E-state index in [0.29, 0.717) is 32.5 Å². The van der Waals surface area contributed by atoms with E-state index in [4.69, 9.17) is 9.26 Å². The summed E-state index contributed by atoms with van der Waals surface area (Å²) in [4.78, 5) is 14.3. The van der Waals surface area contributed by atoms with Gasteiger partial charge in [-0.1, -0.05) is 17.3 Å². The zero-order chi connectivity index (χ0) is 20.1. The highest BCUT2D eigenvalue weighted by molar-refractivity contribution is 5.76. The molecule has 2 aromatic rings. The molecular formula is C22H30N2O4. The van der Waals surface area contributed by atoms with Gasteiger partial charge in [0, 0.05) is 37.9 Å². The molecule has 0 saturated carbocycles. The van der Waals surface area contributed by atoms with E-state index in [0.717, 1.165) is 35.6 Å². The maximum atomic E-state index is 12.5. The molecule has 6 nitrogen and oxygen atoms in total. The molecule has 2 heterocycles.